The second-order valence-electron chi connectivity index (χ2n) is 3.43. The van der Waals surface area contributed by atoms with E-state index >= 15 is 0 Å². The molecule has 0 aliphatic carbocycles. The minimum Gasteiger partial charge on any atom is -0.464 e. The highest BCUT2D eigenvalue weighted by Crippen LogP contribution is 2.23. The summed E-state index contributed by atoms with van der Waals surface area (Å²) in [4.78, 5) is 15.5. The number of aromatic nitrogens is 1. The second-order valence-corrected chi connectivity index (χ2v) is 4.67. The number of carbonyl (C=O) groups is 1. The van der Waals surface area contributed by atoms with E-state index in [4.69, 9.17) is 4.42 Å². The van der Waals surface area contributed by atoms with Gasteiger partial charge in [0.1, 0.15) is 5.76 Å². The van der Waals surface area contributed by atoms with Gasteiger partial charge >= 0.3 is 5.97 Å². The zero-order chi connectivity index (χ0) is 12.4. The van der Waals surface area contributed by atoms with Crippen molar-refractivity contribution in [2.24, 2.45) is 0 Å². The van der Waals surface area contributed by atoms with Gasteiger partial charge in [-0.2, -0.15) is 0 Å². The zero-order valence-electron chi connectivity index (χ0n) is 9.36. The number of oxazole rings is 1. The summed E-state index contributed by atoms with van der Waals surface area (Å²) in [6.07, 6.45) is 0. The Morgan fingerprint density at radius 3 is 2.88 bits per heavy atom. The van der Waals surface area contributed by atoms with Gasteiger partial charge in [-0.25, -0.2) is 9.78 Å². The number of carbonyl (C=O) groups excluding carboxylic acids is 1. The number of rotatable bonds is 2. The molecule has 0 N–H and O–H groups in total. The molecule has 2 aromatic rings. The lowest BCUT2D eigenvalue weighted by Crippen LogP contribution is -2.03. The summed E-state index contributed by atoms with van der Waals surface area (Å²) in [5.41, 5.74) is 1.07. The Bertz CT molecular complexity index is 563. The summed E-state index contributed by atoms with van der Waals surface area (Å²) in [5.74, 6) is 0.412. The average Bonchev–Trinajstić information content (AvgIpc) is 2.70. The zero-order valence-corrected chi connectivity index (χ0v) is 11.5. The van der Waals surface area contributed by atoms with Crippen LogP contribution >= 0.6 is 22.6 Å². The minimum absolute atomic E-state index is 0.223. The van der Waals surface area contributed by atoms with Gasteiger partial charge < -0.3 is 9.15 Å². The molecule has 0 amide bonds. The second kappa shape index (κ2) is 4.87. The van der Waals surface area contributed by atoms with Crippen LogP contribution in [0.25, 0.3) is 11.5 Å². The molecule has 1 aromatic carbocycles. The van der Waals surface area contributed by atoms with Gasteiger partial charge in [0, 0.05) is 9.13 Å². The molecule has 0 aliphatic rings. The number of esters is 1. The van der Waals surface area contributed by atoms with Gasteiger partial charge in [0.2, 0.25) is 5.89 Å². The molecular formula is C12H10INO3. The monoisotopic (exact) mass is 343 g/mol. The van der Waals surface area contributed by atoms with Gasteiger partial charge in [-0.15, -0.1) is 0 Å². The lowest BCUT2D eigenvalue weighted by atomic mass is 10.2. The summed E-state index contributed by atoms with van der Waals surface area (Å²) in [7, 11) is 1.32. The van der Waals surface area contributed by atoms with Crippen LogP contribution in [0.2, 0.25) is 0 Å². The molecule has 5 heteroatoms. The van der Waals surface area contributed by atoms with Gasteiger partial charge in [-0.1, -0.05) is 6.07 Å². The van der Waals surface area contributed by atoms with Crippen molar-refractivity contribution in [2.75, 3.05) is 7.11 Å². The first-order valence-electron chi connectivity index (χ1n) is 4.93. The number of halogens is 1. The van der Waals surface area contributed by atoms with Crippen molar-refractivity contribution in [3.63, 3.8) is 0 Å². The Labute approximate surface area is 112 Å². The van der Waals surface area contributed by atoms with Crippen LogP contribution in [-0.4, -0.2) is 18.1 Å². The van der Waals surface area contributed by atoms with Crippen LogP contribution in [0.15, 0.2) is 28.7 Å². The largest absolute Gasteiger partial charge is 0.464 e. The van der Waals surface area contributed by atoms with Crippen LogP contribution in [0.4, 0.5) is 0 Å². The first-order valence-corrected chi connectivity index (χ1v) is 6.01. The van der Waals surface area contributed by atoms with Crippen molar-refractivity contribution in [1.82, 2.24) is 4.98 Å². The number of aryl methyl sites for hydroxylation is 1. The van der Waals surface area contributed by atoms with Gasteiger partial charge in [0.25, 0.3) is 0 Å². The molecule has 0 unspecified atom stereocenters. The van der Waals surface area contributed by atoms with Crippen LogP contribution in [0.3, 0.4) is 0 Å². The molecular weight excluding hydrogens is 333 g/mol. The highest BCUT2D eigenvalue weighted by Gasteiger charge is 2.18. The molecule has 17 heavy (non-hydrogen) atoms. The fraction of sp³-hybridized carbons (Fsp3) is 0.167. The van der Waals surface area contributed by atoms with Crippen LogP contribution < -0.4 is 0 Å². The van der Waals surface area contributed by atoms with Gasteiger partial charge in [-0.3, -0.25) is 0 Å². The molecule has 0 radical (unpaired) electrons. The van der Waals surface area contributed by atoms with Crippen molar-refractivity contribution < 1.29 is 13.9 Å². The number of methoxy groups -OCH3 is 1. The predicted octanol–water partition coefficient (Wildman–Crippen LogP) is 3.04. The van der Waals surface area contributed by atoms with E-state index < -0.39 is 5.97 Å². The van der Waals surface area contributed by atoms with Gasteiger partial charge in [0.15, 0.2) is 5.69 Å². The predicted molar refractivity (Wildman–Crippen MR) is 70.7 cm³/mol. The Morgan fingerprint density at radius 2 is 2.24 bits per heavy atom. The Balaban J connectivity index is 2.44. The van der Waals surface area contributed by atoms with Crippen molar-refractivity contribution in [3.05, 3.63) is 39.3 Å². The summed E-state index contributed by atoms with van der Waals surface area (Å²) in [5, 5.41) is 0. The number of hydrogen-bond acceptors (Lipinski definition) is 4. The molecule has 0 saturated carbocycles. The number of ether oxygens (including phenoxy) is 1. The van der Waals surface area contributed by atoms with E-state index in [1.165, 1.54) is 7.11 Å². The highest BCUT2D eigenvalue weighted by molar-refractivity contribution is 14.1. The van der Waals surface area contributed by atoms with Crippen molar-refractivity contribution in [2.45, 2.75) is 6.92 Å². The molecule has 0 saturated heterocycles. The summed E-state index contributed by atoms with van der Waals surface area (Å²) in [6, 6.07) is 7.71. The van der Waals surface area contributed by atoms with E-state index in [9.17, 15) is 4.79 Å². The fourth-order valence-electron chi connectivity index (χ4n) is 1.43. The average molecular weight is 343 g/mol. The number of benzene rings is 1. The Hall–Kier alpha value is -1.37. The van der Waals surface area contributed by atoms with E-state index in [0.717, 1.165) is 9.13 Å². The lowest BCUT2D eigenvalue weighted by molar-refractivity contribution is 0.0593. The number of nitrogens with zero attached hydrogens (tertiary/aromatic N) is 1. The smallest absolute Gasteiger partial charge is 0.360 e. The van der Waals surface area contributed by atoms with E-state index in [0.29, 0.717) is 11.7 Å². The van der Waals surface area contributed by atoms with E-state index in [-0.39, 0.29) is 5.69 Å². The fourth-order valence-corrected chi connectivity index (χ4v) is 1.97. The summed E-state index contributed by atoms with van der Waals surface area (Å²) >= 11 is 2.21. The maximum atomic E-state index is 11.4. The quantitative estimate of drug-likeness (QED) is 0.621. The standard InChI is InChI=1S/C12H10INO3/c1-7-10(12(15)16-2)14-11(17-7)8-4-3-5-9(13)6-8/h3-6H,1-2H3. The van der Waals surface area contributed by atoms with Gasteiger partial charge in [0.05, 0.1) is 7.11 Å². The van der Waals surface area contributed by atoms with Crippen LogP contribution in [-0.2, 0) is 4.74 Å². The molecule has 88 valence electrons. The highest BCUT2D eigenvalue weighted by atomic mass is 127. The number of hydrogen-bond donors (Lipinski definition) is 0. The maximum Gasteiger partial charge on any atom is 0.360 e. The van der Waals surface area contributed by atoms with Crippen molar-refractivity contribution >= 4 is 28.6 Å². The van der Waals surface area contributed by atoms with Crippen LogP contribution in [0, 0.1) is 10.5 Å². The Kier molecular flexibility index (Phi) is 3.46. The normalized spacial score (nSPS) is 10.3. The maximum absolute atomic E-state index is 11.4. The molecule has 1 heterocycles. The first-order chi connectivity index (χ1) is 8.11. The van der Waals surface area contributed by atoms with Gasteiger partial charge in [-0.05, 0) is 47.7 Å². The summed E-state index contributed by atoms with van der Waals surface area (Å²) < 4.78 is 11.2. The molecule has 0 fully saturated rings. The van der Waals surface area contributed by atoms with E-state index in [1.54, 1.807) is 6.92 Å². The minimum atomic E-state index is -0.483. The van der Waals surface area contributed by atoms with Crippen LogP contribution in [0.5, 0.6) is 0 Å². The Morgan fingerprint density at radius 1 is 1.47 bits per heavy atom. The third-order valence-corrected chi connectivity index (χ3v) is 2.92. The molecule has 0 bridgehead atoms. The lowest BCUT2D eigenvalue weighted by Gasteiger charge is -1.95. The molecule has 0 spiro atoms. The summed E-state index contributed by atoms with van der Waals surface area (Å²) in [6.45, 7) is 1.69. The molecule has 0 aliphatic heterocycles. The molecule has 4 nitrogen and oxygen atoms in total. The molecule has 2 rings (SSSR count). The first kappa shape index (κ1) is 12.1. The van der Waals surface area contributed by atoms with Crippen LogP contribution in [0.1, 0.15) is 16.2 Å². The van der Waals surface area contributed by atoms with Crippen molar-refractivity contribution in [1.29, 1.82) is 0 Å². The SMILES string of the molecule is COC(=O)c1nc(-c2cccc(I)c2)oc1C. The van der Waals surface area contributed by atoms with E-state index in [1.807, 2.05) is 24.3 Å². The molecule has 0 atom stereocenters. The third-order valence-electron chi connectivity index (χ3n) is 2.25. The topological polar surface area (TPSA) is 52.3 Å². The third kappa shape index (κ3) is 2.49. The van der Waals surface area contributed by atoms with Crippen molar-refractivity contribution in [3.8, 4) is 11.5 Å². The molecule has 1 aromatic heterocycles. The van der Waals surface area contributed by atoms with E-state index in [2.05, 4.69) is 32.3 Å².